The van der Waals surface area contributed by atoms with E-state index >= 15 is 0 Å². The summed E-state index contributed by atoms with van der Waals surface area (Å²) in [6, 6.07) is 2.52. The van der Waals surface area contributed by atoms with E-state index in [-0.39, 0.29) is 10.9 Å². The van der Waals surface area contributed by atoms with Crippen LogP contribution in [0.2, 0.25) is 0 Å². The fourth-order valence-electron chi connectivity index (χ4n) is 3.25. The van der Waals surface area contributed by atoms with E-state index in [1.165, 1.54) is 12.1 Å². The van der Waals surface area contributed by atoms with Gasteiger partial charge in [0.25, 0.3) is 0 Å². The van der Waals surface area contributed by atoms with Crippen molar-refractivity contribution in [1.82, 2.24) is 4.72 Å². The van der Waals surface area contributed by atoms with Gasteiger partial charge in [0.05, 0.1) is 4.90 Å². The summed E-state index contributed by atoms with van der Waals surface area (Å²) in [7, 11) is -3.60. The van der Waals surface area contributed by atoms with Crippen molar-refractivity contribution < 1.29 is 12.8 Å². The molecule has 3 unspecified atom stereocenters. The summed E-state index contributed by atoms with van der Waals surface area (Å²) in [5.41, 5.74) is 0.912. The Bertz CT molecular complexity index is 604. The molecule has 0 bridgehead atoms. The van der Waals surface area contributed by atoms with Crippen molar-refractivity contribution in [2.45, 2.75) is 57.9 Å². The van der Waals surface area contributed by atoms with Crippen LogP contribution < -0.4 is 4.72 Å². The van der Waals surface area contributed by atoms with Gasteiger partial charge in [0, 0.05) is 6.04 Å². The van der Waals surface area contributed by atoms with Gasteiger partial charge in [0.1, 0.15) is 5.82 Å². The fraction of sp³-hybridized carbons (Fsp3) is 0.625. The predicted molar refractivity (Wildman–Crippen MR) is 82.2 cm³/mol. The number of hydrogen-bond acceptors (Lipinski definition) is 2. The SMILES string of the molecule is Cc1cc(F)cc(C)c1S(=O)(=O)NC1CCC(C)C(C)C1. The van der Waals surface area contributed by atoms with Crippen molar-refractivity contribution in [3.63, 3.8) is 0 Å². The Hall–Kier alpha value is -0.940. The van der Waals surface area contributed by atoms with Crippen LogP contribution in [0, 0.1) is 31.5 Å². The first-order valence-corrected chi connectivity index (χ1v) is 8.98. The highest BCUT2D eigenvalue weighted by molar-refractivity contribution is 7.89. The smallest absolute Gasteiger partial charge is 0.208 e. The number of sulfonamides is 1. The Balaban J connectivity index is 2.24. The molecule has 1 aromatic carbocycles. The third-order valence-corrected chi connectivity index (χ3v) is 6.44. The Labute approximate surface area is 127 Å². The van der Waals surface area contributed by atoms with Gasteiger partial charge in [0.15, 0.2) is 0 Å². The fourth-order valence-corrected chi connectivity index (χ4v) is 4.99. The van der Waals surface area contributed by atoms with Crippen LogP contribution >= 0.6 is 0 Å². The molecule has 0 radical (unpaired) electrons. The van der Waals surface area contributed by atoms with E-state index in [0.29, 0.717) is 23.0 Å². The van der Waals surface area contributed by atoms with Crippen LogP contribution in [0.1, 0.15) is 44.2 Å². The van der Waals surface area contributed by atoms with Gasteiger partial charge in [-0.25, -0.2) is 17.5 Å². The molecule has 1 saturated carbocycles. The molecule has 5 heteroatoms. The van der Waals surface area contributed by atoms with E-state index in [0.717, 1.165) is 19.3 Å². The maximum Gasteiger partial charge on any atom is 0.241 e. The van der Waals surface area contributed by atoms with E-state index in [4.69, 9.17) is 0 Å². The number of aryl methyl sites for hydroxylation is 2. The first-order valence-electron chi connectivity index (χ1n) is 7.49. The highest BCUT2D eigenvalue weighted by Crippen LogP contribution is 2.30. The molecule has 118 valence electrons. The molecule has 3 atom stereocenters. The van der Waals surface area contributed by atoms with Gasteiger partial charge >= 0.3 is 0 Å². The van der Waals surface area contributed by atoms with E-state index in [1.54, 1.807) is 13.8 Å². The molecular weight excluding hydrogens is 289 g/mol. The van der Waals surface area contributed by atoms with Crippen LogP contribution in [0.4, 0.5) is 4.39 Å². The number of hydrogen-bond donors (Lipinski definition) is 1. The Morgan fingerprint density at radius 2 is 1.67 bits per heavy atom. The van der Waals surface area contributed by atoms with E-state index in [9.17, 15) is 12.8 Å². The Morgan fingerprint density at radius 3 is 2.19 bits per heavy atom. The summed E-state index contributed by atoms with van der Waals surface area (Å²) in [6.07, 6.45) is 2.76. The molecule has 1 fully saturated rings. The molecule has 3 nitrogen and oxygen atoms in total. The summed E-state index contributed by atoms with van der Waals surface area (Å²) >= 11 is 0. The lowest BCUT2D eigenvalue weighted by molar-refractivity contribution is 0.242. The van der Waals surface area contributed by atoms with Crippen LogP contribution in [0.15, 0.2) is 17.0 Å². The number of halogens is 1. The van der Waals surface area contributed by atoms with Crippen molar-refractivity contribution in [3.8, 4) is 0 Å². The average molecular weight is 313 g/mol. The van der Waals surface area contributed by atoms with Crippen LogP contribution in [0.5, 0.6) is 0 Å². The lowest BCUT2D eigenvalue weighted by atomic mass is 9.79. The van der Waals surface area contributed by atoms with Crippen molar-refractivity contribution >= 4 is 10.0 Å². The Morgan fingerprint density at radius 1 is 1.10 bits per heavy atom. The number of benzene rings is 1. The van der Waals surface area contributed by atoms with Gasteiger partial charge in [-0.15, -0.1) is 0 Å². The highest BCUT2D eigenvalue weighted by atomic mass is 32.2. The van der Waals surface area contributed by atoms with Gasteiger partial charge in [-0.05, 0) is 68.2 Å². The zero-order valence-electron chi connectivity index (χ0n) is 13.1. The first-order chi connectivity index (χ1) is 9.70. The van der Waals surface area contributed by atoms with Crippen LogP contribution in [0.3, 0.4) is 0 Å². The number of nitrogens with one attached hydrogen (secondary N) is 1. The molecule has 0 aliphatic heterocycles. The minimum atomic E-state index is -3.60. The zero-order valence-corrected chi connectivity index (χ0v) is 13.9. The summed E-state index contributed by atoms with van der Waals surface area (Å²) in [4.78, 5) is 0.218. The molecular formula is C16H24FNO2S. The maximum atomic E-state index is 13.3. The molecule has 0 amide bonds. The second-order valence-corrected chi connectivity index (χ2v) is 8.11. The van der Waals surface area contributed by atoms with Crippen molar-refractivity contribution in [2.75, 3.05) is 0 Å². The average Bonchev–Trinajstić information content (AvgIpc) is 2.31. The van der Waals surface area contributed by atoms with Gasteiger partial charge < -0.3 is 0 Å². The lowest BCUT2D eigenvalue weighted by Crippen LogP contribution is -2.40. The van der Waals surface area contributed by atoms with Gasteiger partial charge in [0.2, 0.25) is 10.0 Å². The van der Waals surface area contributed by atoms with Gasteiger partial charge in [-0.3, -0.25) is 0 Å². The minimum absolute atomic E-state index is 0.0231. The molecule has 0 saturated heterocycles. The third-order valence-electron chi connectivity index (χ3n) is 4.61. The molecule has 2 rings (SSSR count). The minimum Gasteiger partial charge on any atom is -0.208 e. The van der Waals surface area contributed by atoms with E-state index in [1.807, 2.05) is 0 Å². The maximum absolute atomic E-state index is 13.3. The topological polar surface area (TPSA) is 46.2 Å². The van der Waals surface area contributed by atoms with Gasteiger partial charge in [-0.1, -0.05) is 13.8 Å². The van der Waals surface area contributed by atoms with Crippen molar-refractivity contribution in [1.29, 1.82) is 0 Å². The summed E-state index contributed by atoms with van der Waals surface area (Å²) in [5, 5.41) is 0. The summed E-state index contributed by atoms with van der Waals surface area (Å²) in [6.45, 7) is 7.65. The highest BCUT2D eigenvalue weighted by Gasteiger charge is 2.29. The normalized spacial score (nSPS) is 26.8. The second-order valence-electron chi connectivity index (χ2n) is 6.45. The monoisotopic (exact) mass is 313 g/mol. The van der Waals surface area contributed by atoms with Gasteiger partial charge in [-0.2, -0.15) is 0 Å². The quantitative estimate of drug-likeness (QED) is 0.927. The lowest BCUT2D eigenvalue weighted by Gasteiger charge is -2.32. The molecule has 1 aromatic rings. The molecule has 1 aliphatic carbocycles. The largest absolute Gasteiger partial charge is 0.241 e. The molecule has 21 heavy (non-hydrogen) atoms. The van der Waals surface area contributed by atoms with Crippen LogP contribution in [-0.2, 0) is 10.0 Å². The summed E-state index contributed by atoms with van der Waals surface area (Å²) < 4.78 is 41.4. The molecule has 1 aliphatic rings. The molecule has 1 N–H and O–H groups in total. The molecule has 0 heterocycles. The number of rotatable bonds is 3. The first kappa shape index (κ1) is 16.4. The second kappa shape index (κ2) is 6.05. The third kappa shape index (κ3) is 3.64. The van der Waals surface area contributed by atoms with Crippen molar-refractivity contribution in [3.05, 3.63) is 29.1 Å². The zero-order chi connectivity index (χ0) is 15.8. The predicted octanol–water partition coefficient (Wildman–Crippen LogP) is 3.55. The van der Waals surface area contributed by atoms with Crippen molar-refractivity contribution in [2.24, 2.45) is 11.8 Å². The van der Waals surface area contributed by atoms with Crippen LogP contribution in [0.25, 0.3) is 0 Å². The standard InChI is InChI=1S/C16H24FNO2S/c1-10-5-6-15(9-11(10)2)18-21(19,20)16-12(3)7-14(17)8-13(16)4/h7-8,10-11,15,18H,5-6,9H2,1-4H3. The Kier molecular flexibility index (Phi) is 4.73. The van der Waals surface area contributed by atoms with E-state index in [2.05, 4.69) is 18.6 Å². The van der Waals surface area contributed by atoms with Crippen LogP contribution in [-0.4, -0.2) is 14.5 Å². The summed E-state index contributed by atoms with van der Waals surface area (Å²) in [5.74, 6) is 0.756. The molecule has 0 spiro atoms. The van der Waals surface area contributed by atoms with E-state index < -0.39 is 15.8 Å². The molecule has 0 aromatic heterocycles.